The molecule has 2 aliphatic heterocycles. The van der Waals surface area contributed by atoms with Crippen molar-refractivity contribution in [2.24, 2.45) is 11.8 Å². The number of rotatable bonds is 5. The quantitative estimate of drug-likeness (QED) is 0.834. The minimum Gasteiger partial charge on any atom is -0.484 e. The molecular formula is C20H29N3O3. The topological polar surface area (TPSA) is 70.7 Å². The molecule has 2 saturated heterocycles. The minimum absolute atomic E-state index is 0.0103. The predicted octanol–water partition coefficient (Wildman–Crippen LogP) is 1.42. The third-order valence-electron chi connectivity index (χ3n) is 5.44. The lowest BCUT2D eigenvalue weighted by atomic mass is 9.92. The Bertz CT molecular complexity index is 600. The van der Waals surface area contributed by atoms with Crippen LogP contribution in [0.5, 0.6) is 5.75 Å². The van der Waals surface area contributed by atoms with E-state index in [9.17, 15) is 9.59 Å². The molecule has 142 valence electrons. The Morgan fingerprint density at radius 3 is 2.62 bits per heavy atom. The summed E-state index contributed by atoms with van der Waals surface area (Å²) in [6, 6.07) is 9.62. The molecular weight excluding hydrogens is 330 g/mol. The normalized spacial score (nSPS) is 24.1. The highest BCUT2D eigenvalue weighted by Crippen LogP contribution is 2.19. The van der Waals surface area contributed by atoms with E-state index >= 15 is 0 Å². The highest BCUT2D eigenvalue weighted by molar-refractivity contribution is 5.80. The summed E-state index contributed by atoms with van der Waals surface area (Å²) in [4.78, 5) is 26.6. The van der Waals surface area contributed by atoms with Crippen molar-refractivity contribution in [3.05, 3.63) is 30.3 Å². The molecule has 0 aliphatic carbocycles. The van der Waals surface area contributed by atoms with Crippen LogP contribution in [0.15, 0.2) is 30.3 Å². The Kier molecular flexibility index (Phi) is 6.50. The number of piperidine rings is 2. The summed E-state index contributed by atoms with van der Waals surface area (Å²) in [5, 5.41) is 6.57. The molecule has 0 aromatic heterocycles. The second kappa shape index (κ2) is 9.03. The van der Waals surface area contributed by atoms with Crippen molar-refractivity contribution in [2.75, 3.05) is 32.8 Å². The smallest absolute Gasteiger partial charge is 0.260 e. The SMILES string of the molecule is CC1CNCCC1NC(=O)C1CCN(C(=O)COc2ccccc2)CC1. The van der Waals surface area contributed by atoms with Gasteiger partial charge in [0.25, 0.3) is 5.91 Å². The Labute approximate surface area is 155 Å². The zero-order valence-electron chi connectivity index (χ0n) is 15.4. The molecule has 1 aromatic carbocycles. The van der Waals surface area contributed by atoms with Gasteiger partial charge in [0.05, 0.1) is 0 Å². The molecule has 0 saturated carbocycles. The minimum atomic E-state index is -0.0142. The van der Waals surface area contributed by atoms with Crippen LogP contribution in [0.2, 0.25) is 0 Å². The van der Waals surface area contributed by atoms with Crippen LogP contribution in [0.4, 0.5) is 0 Å². The number of benzene rings is 1. The molecule has 6 heteroatoms. The molecule has 0 bridgehead atoms. The average Bonchev–Trinajstić information content (AvgIpc) is 2.69. The molecule has 2 heterocycles. The van der Waals surface area contributed by atoms with Crippen LogP contribution in [0.1, 0.15) is 26.2 Å². The molecule has 1 aromatic rings. The van der Waals surface area contributed by atoms with Crippen molar-refractivity contribution >= 4 is 11.8 Å². The van der Waals surface area contributed by atoms with Gasteiger partial charge in [-0.1, -0.05) is 25.1 Å². The lowest BCUT2D eigenvalue weighted by molar-refractivity contribution is -0.137. The maximum atomic E-state index is 12.5. The van der Waals surface area contributed by atoms with E-state index in [4.69, 9.17) is 4.74 Å². The van der Waals surface area contributed by atoms with Crippen molar-refractivity contribution in [1.29, 1.82) is 0 Å². The maximum absolute atomic E-state index is 12.5. The van der Waals surface area contributed by atoms with E-state index in [1.807, 2.05) is 30.3 Å². The van der Waals surface area contributed by atoms with Gasteiger partial charge in [0.15, 0.2) is 6.61 Å². The van der Waals surface area contributed by atoms with Crippen molar-refractivity contribution in [2.45, 2.75) is 32.2 Å². The van der Waals surface area contributed by atoms with Crippen molar-refractivity contribution in [3.8, 4) is 5.75 Å². The second-order valence-corrected chi connectivity index (χ2v) is 7.34. The number of likely N-dealkylation sites (tertiary alicyclic amines) is 1. The molecule has 2 aliphatic rings. The Hall–Kier alpha value is -2.08. The summed E-state index contributed by atoms with van der Waals surface area (Å²) in [6.45, 7) is 5.38. The fourth-order valence-electron chi connectivity index (χ4n) is 3.67. The zero-order valence-corrected chi connectivity index (χ0v) is 15.4. The van der Waals surface area contributed by atoms with Crippen LogP contribution in [0, 0.1) is 11.8 Å². The van der Waals surface area contributed by atoms with Crippen LogP contribution >= 0.6 is 0 Å². The molecule has 6 nitrogen and oxygen atoms in total. The number of ether oxygens (including phenoxy) is 1. The molecule has 26 heavy (non-hydrogen) atoms. The summed E-state index contributed by atoms with van der Waals surface area (Å²) in [5.74, 6) is 1.31. The monoisotopic (exact) mass is 359 g/mol. The third kappa shape index (κ3) is 4.97. The number of para-hydroxylation sites is 1. The Balaban J connectivity index is 1.40. The maximum Gasteiger partial charge on any atom is 0.260 e. The predicted molar refractivity (Wildman–Crippen MR) is 99.8 cm³/mol. The van der Waals surface area contributed by atoms with Gasteiger partial charge in [0, 0.05) is 25.0 Å². The average molecular weight is 359 g/mol. The van der Waals surface area contributed by atoms with E-state index in [1.165, 1.54) is 0 Å². The molecule has 2 N–H and O–H groups in total. The first-order chi connectivity index (χ1) is 12.6. The number of hydrogen-bond acceptors (Lipinski definition) is 4. The summed E-state index contributed by atoms with van der Waals surface area (Å²) in [5.41, 5.74) is 0. The summed E-state index contributed by atoms with van der Waals surface area (Å²) in [7, 11) is 0. The van der Waals surface area contributed by atoms with Crippen molar-refractivity contribution in [3.63, 3.8) is 0 Å². The molecule has 2 atom stereocenters. The molecule has 3 rings (SSSR count). The molecule has 2 amide bonds. The number of hydrogen-bond donors (Lipinski definition) is 2. The van der Waals surface area contributed by atoms with E-state index in [0.29, 0.717) is 24.8 Å². The van der Waals surface area contributed by atoms with Gasteiger partial charge in [-0.3, -0.25) is 9.59 Å². The van der Waals surface area contributed by atoms with Crippen LogP contribution < -0.4 is 15.4 Å². The number of nitrogens with zero attached hydrogens (tertiary/aromatic N) is 1. The summed E-state index contributed by atoms with van der Waals surface area (Å²) < 4.78 is 5.53. The Morgan fingerprint density at radius 1 is 1.19 bits per heavy atom. The van der Waals surface area contributed by atoms with Gasteiger partial charge < -0.3 is 20.3 Å². The molecule has 0 radical (unpaired) electrons. The van der Waals surface area contributed by atoms with Gasteiger partial charge in [-0.2, -0.15) is 0 Å². The highest BCUT2D eigenvalue weighted by atomic mass is 16.5. The lowest BCUT2D eigenvalue weighted by Crippen LogP contribution is -2.51. The van der Waals surface area contributed by atoms with Gasteiger partial charge in [0.2, 0.25) is 5.91 Å². The fraction of sp³-hybridized carbons (Fsp3) is 0.600. The fourth-order valence-corrected chi connectivity index (χ4v) is 3.67. The summed E-state index contributed by atoms with van der Waals surface area (Å²) in [6.07, 6.45) is 2.44. The zero-order chi connectivity index (χ0) is 18.4. The molecule has 0 spiro atoms. The van der Waals surface area contributed by atoms with Crippen molar-refractivity contribution < 1.29 is 14.3 Å². The lowest BCUT2D eigenvalue weighted by Gasteiger charge is -2.34. The number of nitrogens with one attached hydrogen (secondary N) is 2. The first-order valence-electron chi connectivity index (χ1n) is 9.60. The number of carbonyl (C=O) groups excluding carboxylic acids is 2. The first kappa shape index (κ1) is 18.7. The Morgan fingerprint density at radius 2 is 1.92 bits per heavy atom. The molecule has 2 unspecified atom stereocenters. The van der Waals surface area contributed by atoms with E-state index in [0.717, 1.165) is 32.4 Å². The van der Waals surface area contributed by atoms with E-state index in [-0.39, 0.29) is 30.4 Å². The second-order valence-electron chi connectivity index (χ2n) is 7.34. The van der Waals surface area contributed by atoms with Gasteiger partial charge >= 0.3 is 0 Å². The highest BCUT2D eigenvalue weighted by Gasteiger charge is 2.30. The first-order valence-corrected chi connectivity index (χ1v) is 9.60. The van der Waals surface area contributed by atoms with Crippen LogP contribution in [0.3, 0.4) is 0 Å². The number of carbonyl (C=O) groups is 2. The van der Waals surface area contributed by atoms with Gasteiger partial charge in [-0.25, -0.2) is 0 Å². The largest absolute Gasteiger partial charge is 0.484 e. The van der Waals surface area contributed by atoms with Gasteiger partial charge in [-0.15, -0.1) is 0 Å². The van der Waals surface area contributed by atoms with Gasteiger partial charge in [0.1, 0.15) is 5.75 Å². The standard InChI is InChI=1S/C20H29N3O3/c1-15-13-21-10-7-18(15)22-20(25)16-8-11-23(12-9-16)19(24)14-26-17-5-3-2-4-6-17/h2-6,15-16,18,21H,7-14H2,1H3,(H,22,25). The van der Waals surface area contributed by atoms with Crippen LogP contribution in [0.25, 0.3) is 0 Å². The van der Waals surface area contributed by atoms with Crippen LogP contribution in [-0.2, 0) is 9.59 Å². The molecule has 2 fully saturated rings. The number of amides is 2. The van der Waals surface area contributed by atoms with E-state index in [1.54, 1.807) is 4.90 Å². The van der Waals surface area contributed by atoms with Crippen LogP contribution in [-0.4, -0.2) is 55.5 Å². The van der Waals surface area contributed by atoms with Gasteiger partial charge in [-0.05, 0) is 50.4 Å². The third-order valence-corrected chi connectivity index (χ3v) is 5.44. The summed E-state index contributed by atoms with van der Waals surface area (Å²) >= 11 is 0. The van der Waals surface area contributed by atoms with E-state index in [2.05, 4.69) is 17.6 Å². The van der Waals surface area contributed by atoms with Crippen molar-refractivity contribution in [1.82, 2.24) is 15.5 Å². The van der Waals surface area contributed by atoms with E-state index < -0.39 is 0 Å².